The maximum Gasteiger partial charge on any atom is 0.271 e. The molecule has 0 bridgehead atoms. The van der Waals surface area contributed by atoms with Gasteiger partial charge in [0, 0.05) is 37.2 Å². The maximum absolute atomic E-state index is 14.5. The molecule has 2 aromatic carbocycles. The first kappa shape index (κ1) is 17.6. The van der Waals surface area contributed by atoms with E-state index in [2.05, 4.69) is 10.4 Å². The molecule has 0 spiro atoms. The van der Waals surface area contributed by atoms with Crippen molar-refractivity contribution in [1.29, 1.82) is 0 Å². The van der Waals surface area contributed by atoms with E-state index < -0.39 is 10.7 Å². The Morgan fingerprint density at radius 3 is 2.89 bits per heavy atom. The molecule has 0 amide bonds. The number of aromatic nitrogens is 2. The highest BCUT2D eigenvalue weighted by Gasteiger charge is 2.26. The number of aryl methyl sites for hydroxylation is 1. The minimum Gasteiger partial charge on any atom is -0.312 e. The highest BCUT2D eigenvalue weighted by molar-refractivity contribution is 6.33. The van der Waals surface area contributed by atoms with Gasteiger partial charge in [-0.05, 0) is 24.6 Å². The molecule has 8 heteroatoms. The van der Waals surface area contributed by atoms with Crippen LogP contribution in [0.25, 0.3) is 16.9 Å². The smallest absolute Gasteiger partial charge is 0.271 e. The molecule has 27 heavy (non-hydrogen) atoms. The van der Waals surface area contributed by atoms with Crippen LogP contribution in [0.5, 0.6) is 0 Å². The number of halogens is 2. The fraction of sp³-hybridized carbons (Fsp3) is 0.211. The van der Waals surface area contributed by atoms with E-state index in [0.717, 1.165) is 23.4 Å². The van der Waals surface area contributed by atoms with E-state index >= 15 is 0 Å². The second-order valence-electron chi connectivity index (χ2n) is 6.44. The number of hydrogen-bond acceptors (Lipinski definition) is 4. The number of hydrogen-bond donors (Lipinski definition) is 1. The molecule has 1 aliphatic rings. The molecule has 6 nitrogen and oxygen atoms in total. The Morgan fingerprint density at radius 2 is 2.15 bits per heavy atom. The van der Waals surface area contributed by atoms with Gasteiger partial charge in [0.25, 0.3) is 5.69 Å². The van der Waals surface area contributed by atoms with Crippen molar-refractivity contribution in [1.82, 2.24) is 15.1 Å². The summed E-state index contributed by atoms with van der Waals surface area (Å²) in [5, 5.41) is 19.4. The summed E-state index contributed by atoms with van der Waals surface area (Å²) in [5.41, 5.74) is 3.92. The van der Waals surface area contributed by atoms with Crippen molar-refractivity contribution < 1.29 is 9.31 Å². The van der Waals surface area contributed by atoms with Crippen molar-refractivity contribution in [2.75, 3.05) is 6.54 Å². The molecule has 0 aliphatic carbocycles. The van der Waals surface area contributed by atoms with E-state index in [1.54, 1.807) is 22.9 Å². The summed E-state index contributed by atoms with van der Waals surface area (Å²) >= 11 is 6.26. The molecule has 0 radical (unpaired) electrons. The van der Waals surface area contributed by atoms with Crippen LogP contribution in [-0.4, -0.2) is 21.2 Å². The van der Waals surface area contributed by atoms with Crippen LogP contribution in [0.15, 0.2) is 36.4 Å². The second kappa shape index (κ2) is 6.75. The number of nitro groups is 1. The lowest BCUT2D eigenvalue weighted by molar-refractivity contribution is -0.384. The highest BCUT2D eigenvalue weighted by atomic mass is 35.5. The van der Waals surface area contributed by atoms with E-state index in [1.165, 1.54) is 18.2 Å². The highest BCUT2D eigenvalue weighted by Crippen LogP contribution is 2.36. The molecule has 0 saturated carbocycles. The zero-order valence-corrected chi connectivity index (χ0v) is 15.3. The minimum absolute atomic E-state index is 0.0146. The molecule has 138 valence electrons. The third-order valence-electron chi connectivity index (χ3n) is 4.76. The van der Waals surface area contributed by atoms with Crippen molar-refractivity contribution in [3.05, 3.63) is 74.2 Å². The predicted octanol–water partition coefficient (Wildman–Crippen LogP) is 4.19. The molecule has 0 unspecified atom stereocenters. The van der Waals surface area contributed by atoms with Crippen LogP contribution in [0.3, 0.4) is 0 Å². The SMILES string of the molecule is Cc1ccc([N+](=O)[O-])cc1-n1nc(-c2c(F)cccc2Cl)c2c1CCNC2. The van der Waals surface area contributed by atoms with Crippen LogP contribution in [0.1, 0.15) is 16.8 Å². The number of nitrogens with one attached hydrogen (secondary N) is 1. The number of non-ortho nitro benzene ring substituents is 1. The van der Waals surface area contributed by atoms with Crippen LogP contribution in [0, 0.1) is 22.9 Å². The number of nitrogens with zero attached hydrogens (tertiary/aromatic N) is 3. The lowest BCUT2D eigenvalue weighted by Crippen LogP contribution is -2.24. The number of fused-ring (bicyclic) bond motifs is 1. The van der Waals surface area contributed by atoms with E-state index in [-0.39, 0.29) is 16.3 Å². The van der Waals surface area contributed by atoms with Crippen molar-refractivity contribution >= 4 is 17.3 Å². The van der Waals surface area contributed by atoms with Crippen molar-refractivity contribution in [3.8, 4) is 16.9 Å². The summed E-state index contributed by atoms with van der Waals surface area (Å²) in [7, 11) is 0. The van der Waals surface area contributed by atoms with Gasteiger partial charge in [-0.3, -0.25) is 10.1 Å². The van der Waals surface area contributed by atoms with Gasteiger partial charge in [0.1, 0.15) is 11.5 Å². The summed E-state index contributed by atoms with van der Waals surface area (Å²) in [5.74, 6) is -0.448. The van der Waals surface area contributed by atoms with Gasteiger partial charge < -0.3 is 5.32 Å². The van der Waals surface area contributed by atoms with Gasteiger partial charge in [-0.2, -0.15) is 5.10 Å². The Bertz CT molecular complexity index is 1040. The maximum atomic E-state index is 14.5. The monoisotopic (exact) mass is 386 g/mol. The molecule has 0 saturated heterocycles. The minimum atomic E-state index is -0.448. The molecule has 2 heterocycles. The third-order valence-corrected chi connectivity index (χ3v) is 5.08. The first-order valence-electron chi connectivity index (χ1n) is 8.48. The van der Waals surface area contributed by atoms with Crippen LogP contribution < -0.4 is 5.32 Å². The molecule has 0 atom stereocenters. The second-order valence-corrected chi connectivity index (χ2v) is 6.84. The topological polar surface area (TPSA) is 73.0 Å². The van der Waals surface area contributed by atoms with Crippen molar-refractivity contribution in [2.24, 2.45) is 0 Å². The Balaban J connectivity index is 1.98. The number of nitro benzene ring substituents is 1. The normalized spacial score (nSPS) is 13.4. The fourth-order valence-corrected chi connectivity index (χ4v) is 3.66. The number of rotatable bonds is 3. The van der Waals surface area contributed by atoms with Crippen LogP contribution >= 0.6 is 11.6 Å². The van der Waals surface area contributed by atoms with Crippen molar-refractivity contribution in [3.63, 3.8) is 0 Å². The van der Waals surface area contributed by atoms with Gasteiger partial charge in [-0.25, -0.2) is 9.07 Å². The summed E-state index contributed by atoms with van der Waals surface area (Å²) in [6.07, 6.45) is 0.677. The van der Waals surface area contributed by atoms with Gasteiger partial charge in [0.05, 0.1) is 26.9 Å². The van der Waals surface area contributed by atoms with Gasteiger partial charge in [-0.1, -0.05) is 23.7 Å². The Morgan fingerprint density at radius 1 is 1.33 bits per heavy atom. The quantitative estimate of drug-likeness (QED) is 0.541. The van der Waals surface area contributed by atoms with Gasteiger partial charge in [0.15, 0.2) is 0 Å². The third kappa shape index (κ3) is 2.98. The molecular formula is C19H16ClFN4O2. The van der Waals surface area contributed by atoms with E-state index in [9.17, 15) is 14.5 Å². The lowest BCUT2D eigenvalue weighted by Gasteiger charge is -2.16. The van der Waals surface area contributed by atoms with Gasteiger partial charge >= 0.3 is 0 Å². The Kier molecular flexibility index (Phi) is 4.41. The van der Waals surface area contributed by atoms with Gasteiger partial charge in [0.2, 0.25) is 0 Å². The first-order valence-corrected chi connectivity index (χ1v) is 8.86. The predicted molar refractivity (Wildman–Crippen MR) is 101 cm³/mol. The standard InChI is InChI=1S/C19H16ClFN4O2/c1-11-5-6-12(25(26)27)9-17(11)24-16-7-8-22-10-13(16)19(23-24)18-14(20)3-2-4-15(18)21/h2-6,9,22H,7-8,10H2,1H3. The summed E-state index contributed by atoms with van der Waals surface area (Å²) < 4.78 is 16.2. The van der Waals surface area contributed by atoms with Crippen LogP contribution in [-0.2, 0) is 13.0 Å². The Hall–Kier alpha value is -2.77. The molecule has 1 aliphatic heterocycles. The van der Waals surface area contributed by atoms with E-state index in [4.69, 9.17) is 11.6 Å². The average Bonchev–Trinajstić information content (AvgIpc) is 3.01. The van der Waals surface area contributed by atoms with E-state index in [1.807, 2.05) is 6.92 Å². The number of benzene rings is 2. The lowest BCUT2D eigenvalue weighted by atomic mass is 10.0. The fourth-order valence-electron chi connectivity index (χ4n) is 3.41. The molecule has 3 aromatic rings. The average molecular weight is 387 g/mol. The summed E-state index contributed by atoms with van der Waals surface area (Å²) in [6, 6.07) is 9.18. The summed E-state index contributed by atoms with van der Waals surface area (Å²) in [6.45, 7) is 3.14. The van der Waals surface area contributed by atoms with Crippen LogP contribution in [0.4, 0.5) is 10.1 Å². The molecular weight excluding hydrogens is 371 g/mol. The zero-order valence-electron chi connectivity index (χ0n) is 14.5. The van der Waals surface area contributed by atoms with Gasteiger partial charge in [-0.15, -0.1) is 0 Å². The van der Waals surface area contributed by atoms with Crippen molar-refractivity contribution in [2.45, 2.75) is 19.9 Å². The van der Waals surface area contributed by atoms with Crippen LogP contribution in [0.2, 0.25) is 5.02 Å². The molecule has 0 fully saturated rings. The Labute approximate surface area is 159 Å². The first-order chi connectivity index (χ1) is 13.0. The largest absolute Gasteiger partial charge is 0.312 e. The zero-order chi connectivity index (χ0) is 19.1. The summed E-state index contributed by atoms with van der Waals surface area (Å²) in [4.78, 5) is 10.8. The van der Waals surface area contributed by atoms with E-state index in [0.29, 0.717) is 24.3 Å². The molecule has 1 aromatic heterocycles. The molecule has 1 N–H and O–H groups in total. The molecule has 4 rings (SSSR count).